The molecule has 2 unspecified atom stereocenters. The lowest BCUT2D eigenvalue weighted by Gasteiger charge is -2.19. The standard InChI is InChI=1S/C13H20N2O/c1-14-12(10-13-6-4-8-16-13)9-11-5-2-3-7-15-11/h2-3,5,7,12-14H,4,6,8-10H2,1H3. The van der Waals surface area contributed by atoms with E-state index in [1.165, 1.54) is 12.8 Å². The monoisotopic (exact) mass is 220 g/mol. The fourth-order valence-electron chi connectivity index (χ4n) is 2.22. The minimum Gasteiger partial charge on any atom is -0.378 e. The van der Waals surface area contributed by atoms with E-state index in [0.29, 0.717) is 12.1 Å². The molecule has 88 valence electrons. The summed E-state index contributed by atoms with van der Waals surface area (Å²) >= 11 is 0. The first-order chi connectivity index (χ1) is 7.88. The summed E-state index contributed by atoms with van der Waals surface area (Å²) < 4.78 is 5.66. The van der Waals surface area contributed by atoms with E-state index in [0.717, 1.165) is 25.1 Å². The van der Waals surface area contributed by atoms with Crippen LogP contribution in [0.15, 0.2) is 24.4 Å². The van der Waals surface area contributed by atoms with Crippen molar-refractivity contribution in [3.8, 4) is 0 Å². The molecule has 0 spiro atoms. The molecule has 1 aliphatic heterocycles. The van der Waals surface area contributed by atoms with Crippen LogP contribution < -0.4 is 5.32 Å². The summed E-state index contributed by atoms with van der Waals surface area (Å²) in [4.78, 5) is 4.36. The Labute approximate surface area is 97.2 Å². The average molecular weight is 220 g/mol. The van der Waals surface area contributed by atoms with Crippen LogP contribution in [0.3, 0.4) is 0 Å². The molecule has 0 amide bonds. The van der Waals surface area contributed by atoms with E-state index in [4.69, 9.17) is 4.74 Å². The number of ether oxygens (including phenoxy) is 1. The van der Waals surface area contributed by atoms with Crippen molar-refractivity contribution in [1.29, 1.82) is 0 Å². The maximum Gasteiger partial charge on any atom is 0.0590 e. The van der Waals surface area contributed by atoms with Crippen LogP contribution in [0.5, 0.6) is 0 Å². The number of hydrogen-bond acceptors (Lipinski definition) is 3. The van der Waals surface area contributed by atoms with Gasteiger partial charge in [-0.1, -0.05) is 6.07 Å². The first-order valence-electron chi connectivity index (χ1n) is 6.07. The number of hydrogen-bond donors (Lipinski definition) is 1. The van der Waals surface area contributed by atoms with Crippen LogP contribution in [0, 0.1) is 0 Å². The second-order valence-electron chi connectivity index (χ2n) is 4.38. The van der Waals surface area contributed by atoms with Crippen molar-refractivity contribution in [2.24, 2.45) is 0 Å². The van der Waals surface area contributed by atoms with Crippen LogP contribution in [0.4, 0.5) is 0 Å². The highest BCUT2D eigenvalue weighted by atomic mass is 16.5. The maximum atomic E-state index is 5.66. The van der Waals surface area contributed by atoms with Gasteiger partial charge in [0, 0.05) is 31.0 Å². The average Bonchev–Trinajstić information content (AvgIpc) is 2.82. The molecule has 1 fully saturated rings. The van der Waals surface area contributed by atoms with E-state index in [-0.39, 0.29) is 0 Å². The summed E-state index contributed by atoms with van der Waals surface area (Å²) in [6.45, 7) is 0.935. The molecule has 1 aromatic rings. The molecular formula is C13H20N2O. The molecule has 3 heteroatoms. The first kappa shape index (κ1) is 11.6. The Kier molecular flexibility index (Phi) is 4.31. The van der Waals surface area contributed by atoms with Gasteiger partial charge in [0.1, 0.15) is 0 Å². The van der Waals surface area contributed by atoms with Crippen molar-refractivity contribution in [1.82, 2.24) is 10.3 Å². The molecule has 0 aromatic carbocycles. The van der Waals surface area contributed by atoms with Gasteiger partial charge in [0.15, 0.2) is 0 Å². The van der Waals surface area contributed by atoms with Gasteiger partial charge in [-0.2, -0.15) is 0 Å². The van der Waals surface area contributed by atoms with E-state index < -0.39 is 0 Å². The van der Waals surface area contributed by atoms with Gasteiger partial charge in [-0.25, -0.2) is 0 Å². The van der Waals surface area contributed by atoms with Crippen LogP contribution in [0.1, 0.15) is 25.0 Å². The summed E-state index contributed by atoms with van der Waals surface area (Å²) in [5, 5.41) is 3.36. The fraction of sp³-hybridized carbons (Fsp3) is 0.615. The number of pyridine rings is 1. The molecule has 2 atom stereocenters. The topological polar surface area (TPSA) is 34.2 Å². The van der Waals surface area contributed by atoms with Crippen LogP contribution in [-0.2, 0) is 11.2 Å². The summed E-state index contributed by atoms with van der Waals surface area (Å²) in [5.41, 5.74) is 1.15. The second-order valence-corrected chi connectivity index (χ2v) is 4.38. The Morgan fingerprint density at radius 3 is 3.12 bits per heavy atom. The number of likely N-dealkylation sites (N-methyl/N-ethyl adjacent to an activating group) is 1. The van der Waals surface area contributed by atoms with Crippen molar-refractivity contribution in [3.05, 3.63) is 30.1 Å². The molecule has 0 radical (unpaired) electrons. The lowest BCUT2D eigenvalue weighted by molar-refractivity contribution is 0.0953. The molecule has 3 nitrogen and oxygen atoms in total. The van der Waals surface area contributed by atoms with Gasteiger partial charge in [-0.3, -0.25) is 4.98 Å². The normalized spacial score (nSPS) is 22.2. The molecular weight excluding hydrogens is 200 g/mol. The zero-order chi connectivity index (χ0) is 11.2. The molecule has 2 heterocycles. The highest BCUT2D eigenvalue weighted by Crippen LogP contribution is 2.18. The van der Waals surface area contributed by atoms with Gasteiger partial charge in [-0.05, 0) is 38.4 Å². The fourth-order valence-corrected chi connectivity index (χ4v) is 2.22. The van der Waals surface area contributed by atoms with Crippen LogP contribution in [-0.4, -0.2) is 30.8 Å². The Morgan fingerprint density at radius 1 is 1.56 bits per heavy atom. The Hall–Kier alpha value is -0.930. The minimum atomic E-state index is 0.446. The van der Waals surface area contributed by atoms with Gasteiger partial charge < -0.3 is 10.1 Å². The van der Waals surface area contributed by atoms with Crippen molar-refractivity contribution in [2.75, 3.05) is 13.7 Å². The van der Waals surface area contributed by atoms with E-state index in [9.17, 15) is 0 Å². The largest absolute Gasteiger partial charge is 0.378 e. The number of nitrogens with one attached hydrogen (secondary N) is 1. The third-order valence-electron chi connectivity index (χ3n) is 3.16. The lowest BCUT2D eigenvalue weighted by Crippen LogP contribution is -2.31. The summed E-state index contributed by atoms with van der Waals surface area (Å²) in [6, 6.07) is 6.55. The van der Waals surface area contributed by atoms with Crippen LogP contribution >= 0.6 is 0 Å². The highest BCUT2D eigenvalue weighted by molar-refractivity contribution is 5.05. The Bertz CT molecular complexity index is 296. The molecule has 0 aliphatic carbocycles. The van der Waals surface area contributed by atoms with E-state index in [1.807, 2.05) is 25.4 Å². The van der Waals surface area contributed by atoms with Gasteiger partial charge in [0.05, 0.1) is 6.10 Å². The SMILES string of the molecule is CNC(Cc1ccccn1)CC1CCCO1. The van der Waals surface area contributed by atoms with Crippen molar-refractivity contribution in [2.45, 2.75) is 37.8 Å². The molecule has 0 bridgehead atoms. The summed E-state index contributed by atoms with van der Waals surface area (Å²) in [7, 11) is 2.02. The van der Waals surface area contributed by atoms with Crippen molar-refractivity contribution < 1.29 is 4.74 Å². The smallest absolute Gasteiger partial charge is 0.0590 e. The van der Waals surface area contributed by atoms with Gasteiger partial charge in [-0.15, -0.1) is 0 Å². The quantitative estimate of drug-likeness (QED) is 0.821. The number of rotatable bonds is 5. The van der Waals surface area contributed by atoms with E-state index >= 15 is 0 Å². The van der Waals surface area contributed by atoms with E-state index in [2.05, 4.69) is 16.4 Å². The molecule has 2 rings (SSSR count). The molecule has 16 heavy (non-hydrogen) atoms. The Balaban J connectivity index is 1.85. The van der Waals surface area contributed by atoms with Gasteiger partial charge >= 0.3 is 0 Å². The predicted molar refractivity (Wildman–Crippen MR) is 64.4 cm³/mol. The van der Waals surface area contributed by atoms with Crippen LogP contribution in [0.2, 0.25) is 0 Å². The third kappa shape index (κ3) is 3.29. The summed E-state index contributed by atoms with van der Waals surface area (Å²) in [6.07, 6.45) is 6.80. The van der Waals surface area contributed by atoms with Crippen molar-refractivity contribution in [3.63, 3.8) is 0 Å². The molecule has 1 aromatic heterocycles. The Morgan fingerprint density at radius 2 is 2.50 bits per heavy atom. The van der Waals surface area contributed by atoms with Crippen LogP contribution in [0.25, 0.3) is 0 Å². The lowest BCUT2D eigenvalue weighted by atomic mass is 10.0. The van der Waals surface area contributed by atoms with Crippen molar-refractivity contribution >= 4 is 0 Å². The zero-order valence-electron chi connectivity index (χ0n) is 9.86. The molecule has 1 aliphatic rings. The highest BCUT2D eigenvalue weighted by Gasteiger charge is 2.20. The zero-order valence-corrected chi connectivity index (χ0v) is 9.86. The third-order valence-corrected chi connectivity index (χ3v) is 3.16. The number of aromatic nitrogens is 1. The predicted octanol–water partition coefficient (Wildman–Crippen LogP) is 1.78. The second kappa shape index (κ2) is 5.97. The molecule has 1 saturated heterocycles. The molecule has 1 N–H and O–H groups in total. The van der Waals surface area contributed by atoms with Gasteiger partial charge in [0.25, 0.3) is 0 Å². The first-order valence-corrected chi connectivity index (χ1v) is 6.07. The summed E-state index contributed by atoms with van der Waals surface area (Å²) in [5.74, 6) is 0. The minimum absolute atomic E-state index is 0.446. The van der Waals surface area contributed by atoms with E-state index in [1.54, 1.807) is 0 Å². The molecule has 0 saturated carbocycles. The number of nitrogens with zero attached hydrogens (tertiary/aromatic N) is 1. The van der Waals surface area contributed by atoms with Gasteiger partial charge in [0.2, 0.25) is 0 Å². The maximum absolute atomic E-state index is 5.66.